The lowest BCUT2D eigenvalue weighted by Crippen LogP contribution is -2.44. The van der Waals surface area contributed by atoms with Gasteiger partial charge in [-0.2, -0.15) is 0 Å². The van der Waals surface area contributed by atoms with E-state index in [-0.39, 0.29) is 17.4 Å². The Morgan fingerprint density at radius 2 is 1.88 bits per heavy atom. The number of esters is 1. The highest BCUT2D eigenvalue weighted by Gasteiger charge is 2.25. The number of hydrogen-bond donors (Lipinski definition) is 3. The van der Waals surface area contributed by atoms with E-state index in [0.717, 1.165) is 23.9 Å². The van der Waals surface area contributed by atoms with Crippen molar-refractivity contribution in [3.05, 3.63) is 41.2 Å². The van der Waals surface area contributed by atoms with E-state index < -0.39 is 53.9 Å². The van der Waals surface area contributed by atoms with Crippen molar-refractivity contribution >= 4 is 35.1 Å². The van der Waals surface area contributed by atoms with Crippen LogP contribution in [0.25, 0.3) is 5.69 Å². The molecule has 2 rings (SSSR count). The van der Waals surface area contributed by atoms with Crippen molar-refractivity contribution in [1.29, 1.82) is 0 Å². The van der Waals surface area contributed by atoms with Crippen molar-refractivity contribution in [1.82, 2.24) is 25.6 Å². The van der Waals surface area contributed by atoms with Crippen LogP contribution >= 0.6 is 12.2 Å². The van der Waals surface area contributed by atoms with Crippen LogP contribution in [0.4, 0.5) is 8.78 Å². The second kappa shape index (κ2) is 11.2. The Hall–Kier alpha value is -3.52. The summed E-state index contributed by atoms with van der Waals surface area (Å²) in [5.74, 6) is -5.58. The molecule has 1 heterocycles. The molecule has 0 spiro atoms. The molecule has 0 saturated heterocycles. The van der Waals surface area contributed by atoms with Gasteiger partial charge in [0.2, 0.25) is 5.91 Å². The van der Waals surface area contributed by atoms with Gasteiger partial charge in [0.25, 0.3) is 5.17 Å². The summed E-state index contributed by atoms with van der Waals surface area (Å²) in [6.07, 6.45) is 0.426. The lowest BCUT2D eigenvalue weighted by Gasteiger charge is -2.13. The summed E-state index contributed by atoms with van der Waals surface area (Å²) < 4.78 is 39.2. The first-order chi connectivity index (χ1) is 15.2. The van der Waals surface area contributed by atoms with Crippen LogP contribution in [0, 0.1) is 11.6 Å². The first kappa shape index (κ1) is 24.7. The Kier molecular flexibility index (Phi) is 8.66. The number of aliphatic hydroxyl groups is 1. The molecule has 14 heteroatoms. The molecular formula is C18H19F2N5O6S. The lowest BCUT2D eigenvalue weighted by atomic mass is 10.1. The predicted octanol–water partition coefficient (Wildman–Crippen LogP) is -0.211. The van der Waals surface area contributed by atoms with Crippen molar-refractivity contribution in [2.75, 3.05) is 20.8 Å². The highest BCUT2D eigenvalue weighted by molar-refractivity contribution is 7.80. The summed E-state index contributed by atoms with van der Waals surface area (Å²) in [5, 5.41) is 21.6. The third-order valence-electron chi connectivity index (χ3n) is 4.03. The molecule has 32 heavy (non-hydrogen) atoms. The number of rotatable bonds is 9. The summed E-state index contributed by atoms with van der Waals surface area (Å²) in [6, 6.07) is 0.294. The number of methoxy groups -OCH3 is 2. The molecule has 172 valence electrons. The van der Waals surface area contributed by atoms with E-state index in [1.54, 1.807) is 0 Å². The highest BCUT2D eigenvalue weighted by Crippen LogP contribution is 2.20. The number of ketones is 1. The monoisotopic (exact) mass is 471 g/mol. The van der Waals surface area contributed by atoms with Gasteiger partial charge in [-0.15, -0.1) is 5.10 Å². The van der Waals surface area contributed by atoms with Gasteiger partial charge < -0.3 is 25.2 Å². The zero-order valence-electron chi connectivity index (χ0n) is 16.9. The van der Waals surface area contributed by atoms with Gasteiger partial charge in [0.05, 0.1) is 51.2 Å². The Labute approximate surface area is 185 Å². The van der Waals surface area contributed by atoms with Crippen LogP contribution in [-0.4, -0.2) is 69.8 Å². The van der Waals surface area contributed by atoms with Crippen LogP contribution in [0.3, 0.4) is 0 Å². The molecule has 2 aromatic rings. The van der Waals surface area contributed by atoms with E-state index in [4.69, 9.17) is 22.1 Å². The summed E-state index contributed by atoms with van der Waals surface area (Å²) in [6.45, 7) is -0.625. The number of aromatic nitrogens is 3. The third-order valence-corrected chi connectivity index (χ3v) is 4.35. The van der Waals surface area contributed by atoms with E-state index in [0.29, 0.717) is 5.69 Å². The molecule has 1 amide bonds. The fraction of sp³-hybridized carbons (Fsp3) is 0.333. The van der Waals surface area contributed by atoms with Crippen molar-refractivity contribution in [2.45, 2.75) is 19.0 Å². The van der Waals surface area contributed by atoms with Gasteiger partial charge in [0, 0.05) is 12.1 Å². The number of nitrogens with one attached hydrogen (secondary N) is 2. The Morgan fingerprint density at radius 3 is 2.44 bits per heavy atom. The Bertz CT molecular complexity index is 1010. The van der Waals surface area contributed by atoms with Gasteiger partial charge in [-0.3, -0.25) is 9.59 Å². The van der Waals surface area contributed by atoms with Gasteiger partial charge >= 0.3 is 5.97 Å². The van der Waals surface area contributed by atoms with E-state index in [9.17, 15) is 23.2 Å². The van der Waals surface area contributed by atoms with Gasteiger partial charge in [-0.05, 0) is 12.2 Å². The number of hydrogen-bond acceptors (Lipinski definition) is 9. The van der Waals surface area contributed by atoms with Gasteiger partial charge in [-0.1, -0.05) is 5.21 Å². The van der Waals surface area contributed by atoms with Crippen molar-refractivity contribution in [3.8, 4) is 5.69 Å². The Morgan fingerprint density at radius 1 is 1.22 bits per heavy atom. The maximum absolute atomic E-state index is 14.5. The summed E-state index contributed by atoms with van der Waals surface area (Å²) in [4.78, 5) is 35.5. The van der Waals surface area contributed by atoms with Gasteiger partial charge in [-0.25, -0.2) is 18.3 Å². The summed E-state index contributed by atoms with van der Waals surface area (Å²) in [7, 11) is 2.42. The van der Waals surface area contributed by atoms with Gasteiger partial charge in [0.15, 0.2) is 11.8 Å². The largest absolute Gasteiger partial charge is 0.474 e. The minimum Gasteiger partial charge on any atom is -0.474 e. The molecule has 1 aromatic heterocycles. The van der Waals surface area contributed by atoms with E-state index in [1.165, 1.54) is 13.3 Å². The predicted molar refractivity (Wildman–Crippen MR) is 108 cm³/mol. The molecule has 0 fully saturated rings. The normalized spacial score (nSPS) is 11.4. The van der Waals surface area contributed by atoms with Crippen molar-refractivity contribution in [2.24, 2.45) is 0 Å². The Balaban J connectivity index is 2.13. The fourth-order valence-electron chi connectivity index (χ4n) is 2.50. The average Bonchev–Trinajstić information content (AvgIpc) is 3.23. The molecule has 0 aliphatic rings. The minimum absolute atomic E-state index is 0.0555. The minimum atomic E-state index is -1.41. The molecule has 0 bridgehead atoms. The molecule has 1 aromatic carbocycles. The van der Waals surface area contributed by atoms with Crippen molar-refractivity contribution in [3.63, 3.8) is 0 Å². The fourth-order valence-corrected chi connectivity index (χ4v) is 2.57. The quantitative estimate of drug-likeness (QED) is 0.194. The number of carbonyl (C=O) groups is 3. The molecule has 0 aliphatic heterocycles. The average molecular weight is 471 g/mol. The maximum Gasteiger partial charge on any atom is 0.330 e. The van der Waals surface area contributed by atoms with E-state index in [1.807, 2.05) is 5.32 Å². The molecule has 1 unspecified atom stereocenters. The zero-order chi connectivity index (χ0) is 23.8. The lowest BCUT2D eigenvalue weighted by molar-refractivity contribution is -0.146. The molecule has 3 N–H and O–H groups in total. The number of carbonyl (C=O) groups excluding carboxylic acids is 3. The van der Waals surface area contributed by atoms with Crippen LogP contribution in [0.15, 0.2) is 18.3 Å². The van der Waals surface area contributed by atoms with Crippen LogP contribution in [0.1, 0.15) is 22.5 Å². The molecule has 1 atom stereocenters. The number of Topliss-reactive ketones (excluding diaryl/α,β-unsaturated/α-hetero) is 1. The molecule has 0 radical (unpaired) electrons. The van der Waals surface area contributed by atoms with E-state index >= 15 is 0 Å². The standard InChI is InChI=1S/C18H19F2N5O6S/c1-30-17(29)13(8-26)22-15(28)5-14(27)16-11(19)3-10(4-12(16)20)25-7-9(23-24-25)6-21-18(32)31-2/h3-4,7,13,26H,5-6,8H2,1-2H3,(H,21,32)(H,22,28). The first-order valence-corrected chi connectivity index (χ1v) is 9.34. The third kappa shape index (κ3) is 6.24. The second-order valence-electron chi connectivity index (χ2n) is 6.21. The summed E-state index contributed by atoms with van der Waals surface area (Å²) in [5.41, 5.74) is -0.596. The van der Waals surface area contributed by atoms with Crippen LogP contribution in [0.5, 0.6) is 0 Å². The molecule has 0 saturated carbocycles. The smallest absolute Gasteiger partial charge is 0.330 e. The number of ether oxygens (including phenoxy) is 2. The topological polar surface area (TPSA) is 145 Å². The number of halogens is 2. The SMILES string of the molecule is COC(=O)C(CO)NC(=O)CC(=O)c1c(F)cc(-n2cc(CNC(=S)OC)nn2)cc1F. The van der Waals surface area contributed by atoms with Crippen LogP contribution < -0.4 is 10.6 Å². The number of benzene rings is 1. The number of nitrogens with zero attached hydrogens (tertiary/aromatic N) is 3. The molecule has 0 aliphatic carbocycles. The van der Waals surface area contributed by atoms with E-state index in [2.05, 4.69) is 20.4 Å². The van der Waals surface area contributed by atoms with Crippen molar-refractivity contribution < 1.29 is 37.7 Å². The maximum atomic E-state index is 14.5. The molecule has 11 nitrogen and oxygen atoms in total. The van der Waals surface area contributed by atoms with Gasteiger partial charge in [0.1, 0.15) is 17.3 Å². The first-order valence-electron chi connectivity index (χ1n) is 8.93. The number of thiocarbonyl (C=S) groups is 1. The zero-order valence-corrected chi connectivity index (χ0v) is 17.7. The highest BCUT2D eigenvalue weighted by atomic mass is 32.1. The number of aliphatic hydroxyl groups excluding tert-OH is 1. The second-order valence-corrected chi connectivity index (χ2v) is 6.58. The number of amides is 1. The molecular weight excluding hydrogens is 452 g/mol. The summed E-state index contributed by atoms with van der Waals surface area (Å²) >= 11 is 4.82. The van der Waals surface area contributed by atoms with Crippen LogP contribution in [0.2, 0.25) is 0 Å². The van der Waals surface area contributed by atoms with Crippen LogP contribution in [-0.2, 0) is 25.6 Å².